The fourth-order valence-corrected chi connectivity index (χ4v) is 2.36. The van der Waals surface area contributed by atoms with Crippen molar-refractivity contribution in [3.05, 3.63) is 0 Å². The Morgan fingerprint density at radius 3 is 2.31 bits per heavy atom. The molecule has 0 bridgehead atoms. The second-order valence-corrected chi connectivity index (χ2v) is 4.63. The van der Waals surface area contributed by atoms with E-state index in [-0.39, 0.29) is 26.2 Å². The third-order valence-electron chi connectivity index (χ3n) is 3.11. The van der Waals surface area contributed by atoms with Crippen molar-refractivity contribution in [1.82, 2.24) is 4.90 Å². The molecule has 96 valence electrons. The number of aliphatic hydroxyl groups excluding tert-OH is 1. The summed E-state index contributed by atoms with van der Waals surface area (Å²) in [5.74, 6) is 0. The quantitative estimate of drug-likeness (QED) is 0.730. The van der Waals surface area contributed by atoms with E-state index in [0.717, 1.165) is 19.3 Å². The summed E-state index contributed by atoms with van der Waals surface area (Å²) in [4.78, 5) is 1.45. The summed E-state index contributed by atoms with van der Waals surface area (Å²) in [6, 6.07) is 0. The zero-order valence-electron chi connectivity index (χ0n) is 9.54. The first kappa shape index (κ1) is 13.8. The molecule has 5 heteroatoms. The van der Waals surface area contributed by atoms with Gasteiger partial charge in [-0.25, -0.2) is 8.78 Å². The van der Waals surface area contributed by atoms with E-state index in [0.29, 0.717) is 12.8 Å². The first-order valence-electron chi connectivity index (χ1n) is 5.89. The van der Waals surface area contributed by atoms with Crippen molar-refractivity contribution >= 4 is 0 Å². The van der Waals surface area contributed by atoms with Gasteiger partial charge in [0.05, 0.1) is 18.8 Å². The first-order valence-corrected chi connectivity index (χ1v) is 5.89. The molecule has 0 radical (unpaired) electrons. The SMILES string of the molecule is OCCN(CC(F)F)CC1(O)CCCCC1. The molecule has 16 heavy (non-hydrogen) atoms. The minimum Gasteiger partial charge on any atom is -0.395 e. The van der Waals surface area contributed by atoms with Crippen LogP contribution in [0.1, 0.15) is 32.1 Å². The number of hydrogen-bond donors (Lipinski definition) is 2. The molecule has 0 aromatic heterocycles. The zero-order valence-corrected chi connectivity index (χ0v) is 9.54. The summed E-state index contributed by atoms with van der Waals surface area (Å²) >= 11 is 0. The van der Waals surface area contributed by atoms with Crippen LogP contribution in [0.25, 0.3) is 0 Å². The molecular weight excluding hydrogens is 216 g/mol. The van der Waals surface area contributed by atoms with Crippen LogP contribution in [0.3, 0.4) is 0 Å². The van der Waals surface area contributed by atoms with Crippen LogP contribution in [0.2, 0.25) is 0 Å². The number of hydrogen-bond acceptors (Lipinski definition) is 3. The highest BCUT2D eigenvalue weighted by Gasteiger charge is 2.31. The highest BCUT2D eigenvalue weighted by Crippen LogP contribution is 2.28. The largest absolute Gasteiger partial charge is 0.395 e. The highest BCUT2D eigenvalue weighted by atomic mass is 19.3. The number of halogens is 2. The van der Waals surface area contributed by atoms with Crippen LogP contribution in [0.5, 0.6) is 0 Å². The Hall–Kier alpha value is -0.260. The molecule has 0 amide bonds. The van der Waals surface area contributed by atoms with Gasteiger partial charge in [0.2, 0.25) is 0 Å². The van der Waals surface area contributed by atoms with Crippen molar-refractivity contribution in [2.45, 2.75) is 44.1 Å². The predicted octanol–water partition coefficient (Wildman–Crippen LogP) is 1.24. The maximum Gasteiger partial charge on any atom is 0.251 e. The lowest BCUT2D eigenvalue weighted by molar-refractivity contribution is -0.0400. The van der Waals surface area contributed by atoms with E-state index in [9.17, 15) is 13.9 Å². The molecule has 3 nitrogen and oxygen atoms in total. The van der Waals surface area contributed by atoms with Gasteiger partial charge in [-0.3, -0.25) is 4.90 Å². The van der Waals surface area contributed by atoms with Gasteiger partial charge in [-0.1, -0.05) is 19.3 Å². The van der Waals surface area contributed by atoms with Gasteiger partial charge in [-0.05, 0) is 12.8 Å². The lowest BCUT2D eigenvalue weighted by atomic mass is 9.84. The lowest BCUT2D eigenvalue weighted by Gasteiger charge is -2.36. The Balaban J connectivity index is 2.44. The van der Waals surface area contributed by atoms with Gasteiger partial charge < -0.3 is 10.2 Å². The van der Waals surface area contributed by atoms with E-state index in [2.05, 4.69) is 0 Å². The average molecular weight is 237 g/mol. The normalized spacial score (nSPS) is 20.6. The van der Waals surface area contributed by atoms with E-state index < -0.39 is 12.0 Å². The molecule has 0 aromatic rings. The maximum atomic E-state index is 12.3. The Morgan fingerprint density at radius 1 is 1.19 bits per heavy atom. The number of rotatable bonds is 6. The summed E-state index contributed by atoms with van der Waals surface area (Å²) in [6.07, 6.45) is 1.96. The van der Waals surface area contributed by atoms with Crippen molar-refractivity contribution in [3.8, 4) is 0 Å². The van der Waals surface area contributed by atoms with E-state index in [1.165, 1.54) is 4.90 Å². The van der Waals surface area contributed by atoms with E-state index in [4.69, 9.17) is 5.11 Å². The number of alkyl halides is 2. The van der Waals surface area contributed by atoms with Gasteiger partial charge in [-0.2, -0.15) is 0 Å². The Bertz CT molecular complexity index is 196. The third-order valence-corrected chi connectivity index (χ3v) is 3.11. The van der Waals surface area contributed by atoms with Crippen molar-refractivity contribution in [1.29, 1.82) is 0 Å². The number of nitrogens with zero attached hydrogens (tertiary/aromatic N) is 1. The molecule has 1 aliphatic carbocycles. The standard InChI is InChI=1S/C11H21F2NO2/c12-10(13)8-14(6-7-15)9-11(16)4-2-1-3-5-11/h10,15-16H,1-9H2. The van der Waals surface area contributed by atoms with Gasteiger partial charge in [0, 0.05) is 13.1 Å². The van der Waals surface area contributed by atoms with Gasteiger partial charge in [0.25, 0.3) is 6.43 Å². The van der Waals surface area contributed by atoms with Crippen molar-refractivity contribution in [3.63, 3.8) is 0 Å². The van der Waals surface area contributed by atoms with Crippen LogP contribution >= 0.6 is 0 Å². The minimum atomic E-state index is -2.42. The zero-order chi connectivity index (χ0) is 12.0. The molecule has 0 aliphatic heterocycles. The van der Waals surface area contributed by atoms with Crippen molar-refractivity contribution in [2.24, 2.45) is 0 Å². The molecule has 0 atom stereocenters. The molecule has 1 saturated carbocycles. The van der Waals surface area contributed by atoms with Crippen LogP contribution in [-0.4, -0.2) is 53.4 Å². The van der Waals surface area contributed by atoms with Crippen molar-refractivity contribution in [2.75, 3.05) is 26.2 Å². The molecule has 2 N–H and O–H groups in total. The molecule has 1 aliphatic rings. The average Bonchev–Trinajstić information content (AvgIpc) is 2.17. The van der Waals surface area contributed by atoms with Gasteiger partial charge >= 0.3 is 0 Å². The third kappa shape index (κ3) is 4.72. The Morgan fingerprint density at radius 2 is 1.81 bits per heavy atom. The Labute approximate surface area is 95.1 Å². The summed E-state index contributed by atoms with van der Waals surface area (Å²) in [7, 11) is 0. The van der Waals surface area contributed by atoms with Gasteiger partial charge in [0.15, 0.2) is 0 Å². The number of aliphatic hydroxyl groups is 2. The molecule has 0 spiro atoms. The first-order chi connectivity index (χ1) is 7.56. The summed E-state index contributed by atoms with van der Waals surface area (Å²) in [6.45, 7) is -0.0732. The van der Waals surface area contributed by atoms with Crippen LogP contribution < -0.4 is 0 Å². The fraction of sp³-hybridized carbons (Fsp3) is 1.00. The van der Waals surface area contributed by atoms with E-state index >= 15 is 0 Å². The van der Waals surface area contributed by atoms with Gasteiger partial charge in [-0.15, -0.1) is 0 Å². The molecule has 0 unspecified atom stereocenters. The molecule has 1 fully saturated rings. The minimum absolute atomic E-state index is 0.150. The Kier molecular flexibility index (Phi) is 5.58. The summed E-state index contributed by atoms with van der Waals surface area (Å²) in [5, 5.41) is 19.0. The monoisotopic (exact) mass is 237 g/mol. The summed E-state index contributed by atoms with van der Waals surface area (Å²) < 4.78 is 24.6. The second kappa shape index (κ2) is 6.47. The predicted molar refractivity (Wildman–Crippen MR) is 57.6 cm³/mol. The van der Waals surface area contributed by atoms with E-state index in [1.807, 2.05) is 0 Å². The molecule has 0 aromatic carbocycles. The highest BCUT2D eigenvalue weighted by molar-refractivity contribution is 4.85. The maximum absolute atomic E-state index is 12.3. The molecule has 0 heterocycles. The van der Waals surface area contributed by atoms with Crippen LogP contribution in [0, 0.1) is 0 Å². The summed E-state index contributed by atoms with van der Waals surface area (Å²) in [5.41, 5.74) is -0.831. The van der Waals surface area contributed by atoms with Crippen molar-refractivity contribution < 1.29 is 19.0 Å². The van der Waals surface area contributed by atoms with E-state index in [1.54, 1.807) is 0 Å². The lowest BCUT2D eigenvalue weighted by Crippen LogP contribution is -2.46. The second-order valence-electron chi connectivity index (χ2n) is 4.63. The topological polar surface area (TPSA) is 43.7 Å². The molecular formula is C11H21F2NO2. The molecule has 1 rings (SSSR count). The smallest absolute Gasteiger partial charge is 0.251 e. The van der Waals surface area contributed by atoms with Crippen LogP contribution in [0.4, 0.5) is 8.78 Å². The van der Waals surface area contributed by atoms with Crippen LogP contribution in [0.15, 0.2) is 0 Å². The van der Waals surface area contributed by atoms with Gasteiger partial charge in [0.1, 0.15) is 0 Å². The fourth-order valence-electron chi connectivity index (χ4n) is 2.36. The van der Waals surface area contributed by atoms with Crippen LogP contribution in [-0.2, 0) is 0 Å². The molecule has 0 saturated heterocycles.